The van der Waals surface area contributed by atoms with E-state index in [1.54, 1.807) is 42.5 Å². The lowest BCUT2D eigenvalue weighted by Crippen LogP contribution is -2.36. The lowest BCUT2D eigenvalue weighted by molar-refractivity contribution is -0.124. The molecule has 7 nitrogen and oxygen atoms in total. The van der Waals surface area contributed by atoms with Crippen LogP contribution < -0.4 is 10.1 Å². The van der Waals surface area contributed by atoms with Gasteiger partial charge in [-0.2, -0.15) is 0 Å². The SMILES string of the molecule is COc1cccc(C(=O)N2CC[C@H](C(=O)NCCn3ccnc3C)C2)c1. The zero-order chi connectivity index (χ0) is 18.5. The Hall–Kier alpha value is -2.83. The van der Waals surface area contributed by atoms with Crippen molar-refractivity contribution < 1.29 is 14.3 Å². The van der Waals surface area contributed by atoms with E-state index in [4.69, 9.17) is 4.74 Å². The van der Waals surface area contributed by atoms with E-state index in [0.717, 1.165) is 5.82 Å². The van der Waals surface area contributed by atoms with Gasteiger partial charge in [-0.25, -0.2) is 4.98 Å². The molecule has 0 spiro atoms. The van der Waals surface area contributed by atoms with E-state index >= 15 is 0 Å². The third-order valence-electron chi connectivity index (χ3n) is 4.74. The Morgan fingerprint density at radius 2 is 2.23 bits per heavy atom. The van der Waals surface area contributed by atoms with Gasteiger partial charge < -0.3 is 19.5 Å². The number of nitrogens with one attached hydrogen (secondary N) is 1. The molecule has 2 aromatic rings. The van der Waals surface area contributed by atoms with Gasteiger partial charge in [0.25, 0.3) is 5.91 Å². The van der Waals surface area contributed by atoms with Crippen LogP contribution in [0.5, 0.6) is 5.75 Å². The van der Waals surface area contributed by atoms with Gasteiger partial charge in [0, 0.05) is 44.1 Å². The Morgan fingerprint density at radius 1 is 1.38 bits per heavy atom. The first kappa shape index (κ1) is 18.0. The van der Waals surface area contributed by atoms with Crippen molar-refractivity contribution in [3.63, 3.8) is 0 Å². The number of likely N-dealkylation sites (tertiary alicyclic amines) is 1. The molecular weight excluding hydrogens is 332 g/mol. The van der Waals surface area contributed by atoms with Gasteiger partial charge >= 0.3 is 0 Å². The van der Waals surface area contributed by atoms with Gasteiger partial charge in [-0.15, -0.1) is 0 Å². The number of amides is 2. The molecule has 3 rings (SSSR count). The molecule has 0 bridgehead atoms. The Balaban J connectivity index is 1.50. The maximum Gasteiger partial charge on any atom is 0.254 e. The number of methoxy groups -OCH3 is 1. The van der Waals surface area contributed by atoms with Gasteiger partial charge in [0.15, 0.2) is 0 Å². The van der Waals surface area contributed by atoms with E-state index < -0.39 is 0 Å². The van der Waals surface area contributed by atoms with Gasteiger partial charge in [-0.1, -0.05) is 6.07 Å². The van der Waals surface area contributed by atoms with E-state index in [2.05, 4.69) is 10.3 Å². The van der Waals surface area contributed by atoms with Crippen molar-refractivity contribution in [2.75, 3.05) is 26.7 Å². The maximum absolute atomic E-state index is 12.6. The lowest BCUT2D eigenvalue weighted by Gasteiger charge is -2.17. The summed E-state index contributed by atoms with van der Waals surface area (Å²) >= 11 is 0. The van der Waals surface area contributed by atoms with Crippen LogP contribution in [0.1, 0.15) is 22.6 Å². The summed E-state index contributed by atoms with van der Waals surface area (Å²) in [7, 11) is 1.57. The van der Waals surface area contributed by atoms with Crippen LogP contribution in [0.25, 0.3) is 0 Å². The normalized spacial score (nSPS) is 16.5. The largest absolute Gasteiger partial charge is 0.497 e. The van der Waals surface area contributed by atoms with E-state index in [1.165, 1.54) is 0 Å². The summed E-state index contributed by atoms with van der Waals surface area (Å²) in [5.41, 5.74) is 0.584. The van der Waals surface area contributed by atoms with Crippen LogP contribution in [-0.4, -0.2) is 53.0 Å². The van der Waals surface area contributed by atoms with E-state index in [-0.39, 0.29) is 17.7 Å². The van der Waals surface area contributed by atoms with Gasteiger partial charge in [0.2, 0.25) is 5.91 Å². The van der Waals surface area contributed by atoms with Gasteiger partial charge in [-0.05, 0) is 31.5 Å². The molecule has 7 heteroatoms. The number of aromatic nitrogens is 2. The first-order valence-electron chi connectivity index (χ1n) is 8.77. The molecule has 1 aromatic carbocycles. The highest BCUT2D eigenvalue weighted by Crippen LogP contribution is 2.21. The van der Waals surface area contributed by atoms with E-state index in [9.17, 15) is 9.59 Å². The number of nitrogens with zero attached hydrogens (tertiary/aromatic N) is 3. The highest BCUT2D eigenvalue weighted by molar-refractivity contribution is 5.95. The first-order chi connectivity index (χ1) is 12.6. The molecule has 26 heavy (non-hydrogen) atoms. The zero-order valence-corrected chi connectivity index (χ0v) is 15.1. The van der Waals surface area contributed by atoms with Crippen LogP contribution in [0.3, 0.4) is 0 Å². The molecule has 0 aliphatic carbocycles. The molecule has 0 saturated carbocycles. The van der Waals surface area contributed by atoms with Crippen molar-refractivity contribution in [3.05, 3.63) is 48.0 Å². The summed E-state index contributed by atoms with van der Waals surface area (Å²) < 4.78 is 7.16. The summed E-state index contributed by atoms with van der Waals surface area (Å²) in [6, 6.07) is 7.10. The standard InChI is InChI=1S/C19H24N4O3/c1-14-20-7-10-22(14)11-8-21-18(24)16-6-9-23(13-16)19(25)15-4-3-5-17(12-15)26-2/h3-5,7,10,12,16H,6,8-9,11,13H2,1-2H3,(H,21,24)/t16-/m0/s1. The van der Waals surface area contributed by atoms with Gasteiger partial charge in [-0.3, -0.25) is 9.59 Å². The predicted molar refractivity (Wildman–Crippen MR) is 97.0 cm³/mol. The third-order valence-corrected chi connectivity index (χ3v) is 4.74. The minimum absolute atomic E-state index is 0.00344. The highest BCUT2D eigenvalue weighted by atomic mass is 16.5. The van der Waals surface area contributed by atoms with Crippen molar-refractivity contribution >= 4 is 11.8 Å². The average molecular weight is 356 g/mol. The van der Waals surface area contributed by atoms with Crippen molar-refractivity contribution in [1.82, 2.24) is 19.8 Å². The van der Waals surface area contributed by atoms with Crippen LogP contribution >= 0.6 is 0 Å². The van der Waals surface area contributed by atoms with E-state index in [0.29, 0.717) is 43.9 Å². The first-order valence-corrected chi connectivity index (χ1v) is 8.77. The summed E-state index contributed by atoms with van der Waals surface area (Å²) in [6.07, 6.45) is 4.33. The molecule has 1 atom stereocenters. The summed E-state index contributed by atoms with van der Waals surface area (Å²) in [6.45, 7) is 4.22. The smallest absolute Gasteiger partial charge is 0.254 e. The number of carbonyl (C=O) groups is 2. The topological polar surface area (TPSA) is 76.5 Å². The molecule has 2 amide bonds. The molecular formula is C19H24N4O3. The zero-order valence-electron chi connectivity index (χ0n) is 15.1. The number of imidazole rings is 1. The number of hydrogen-bond donors (Lipinski definition) is 1. The molecule has 1 aliphatic heterocycles. The molecule has 1 saturated heterocycles. The van der Waals surface area contributed by atoms with Gasteiger partial charge in [0.1, 0.15) is 11.6 Å². The predicted octanol–water partition coefficient (Wildman–Crippen LogP) is 1.48. The fourth-order valence-electron chi connectivity index (χ4n) is 3.18. The molecule has 1 fully saturated rings. The molecule has 2 heterocycles. The molecule has 0 unspecified atom stereocenters. The number of aryl methyl sites for hydroxylation is 1. The fourth-order valence-corrected chi connectivity index (χ4v) is 3.18. The van der Waals surface area contributed by atoms with Gasteiger partial charge in [0.05, 0.1) is 13.0 Å². The van der Waals surface area contributed by atoms with Crippen LogP contribution in [0, 0.1) is 12.8 Å². The number of benzene rings is 1. The monoisotopic (exact) mass is 356 g/mol. The second-order valence-electron chi connectivity index (χ2n) is 6.43. The Labute approximate surface area is 153 Å². The Bertz CT molecular complexity index is 787. The highest BCUT2D eigenvalue weighted by Gasteiger charge is 2.31. The van der Waals surface area contributed by atoms with Crippen molar-refractivity contribution in [2.24, 2.45) is 5.92 Å². The molecule has 1 N–H and O–H groups in total. The van der Waals surface area contributed by atoms with Crippen LogP contribution in [0.15, 0.2) is 36.7 Å². The summed E-state index contributed by atoms with van der Waals surface area (Å²) in [5, 5.41) is 2.96. The quantitative estimate of drug-likeness (QED) is 0.851. The third kappa shape index (κ3) is 4.04. The Morgan fingerprint density at radius 3 is 2.96 bits per heavy atom. The van der Waals surface area contributed by atoms with Crippen molar-refractivity contribution in [2.45, 2.75) is 19.9 Å². The van der Waals surface area contributed by atoms with Crippen molar-refractivity contribution in [1.29, 1.82) is 0 Å². The van der Waals surface area contributed by atoms with Crippen LogP contribution in [-0.2, 0) is 11.3 Å². The number of carbonyl (C=O) groups excluding carboxylic acids is 2. The van der Waals surface area contributed by atoms with E-state index in [1.807, 2.05) is 17.7 Å². The molecule has 1 aromatic heterocycles. The van der Waals surface area contributed by atoms with Crippen LogP contribution in [0.4, 0.5) is 0 Å². The summed E-state index contributed by atoms with van der Waals surface area (Å²) in [4.78, 5) is 30.9. The number of rotatable bonds is 6. The Kier molecular flexibility index (Phi) is 5.55. The molecule has 0 radical (unpaired) electrons. The average Bonchev–Trinajstić information content (AvgIpc) is 3.31. The van der Waals surface area contributed by atoms with Crippen LogP contribution in [0.2, 0.25) is 0 Å². The number of hydrogen-bond acceptors (Lipinski definition) is 4. The maximum atomic E-state index is 12.6. The fraction of sp³-hybridized carbons (Fsp3) is 0.421. The second kappa shape index (κ2) is 8.03. The summed E-state index contributed by atoms with van der Waals surface area (Å²) in [5.74, 6) is 1.36. The minimum atomic E-state index is -0.159. The lowest BCUT2D eigenvalue weighted by atomic mass is 10.1. The number of ether oxygens (including phenoxy) is 1. The molecule has 1 aliphatic rings. The van der Waals surface area contributed by atoms with Crippen molar-refractivity contribution in [3.8, 4) is 5.75 Å². The minimum Gasteiger partial charge on any atom is -0.497 e. The second-order valence-corrected chi connectivity index (χ2v) is 6.43. The molecule has 138 valence electrons.